The van der Waals surface area contributed by atoms with E-state index in [1.54, 1.807) is 0 Å². The van der Waals surface area contributed by atoms with Gasteiger partial charge in [0.25, 0.3) is 0 Å². The fraction of sp³-hybridized carbons (Fsp3) is 0.500. The number of aliphatic hydroxyl groups excluding tert-OH is 1. The van der Waals surface area contributed by atoms with Gasteiger partial charge in [0, 0.05) is 0 Å². The van der Waals surface area contributed by atoms with Crippen molar-refractivity contribution in [3.05, 3.63) is 35.4 Å². The average molecular weight is 178 g/mol. The fourth-order valence-electron chi connectivity index (χ4n) is 1.85. The lowest BCUT2D eigenvalue weighted by Gasteiger charge is -2.01. The maximum atomic E-state index is 9.55. The zero-order chi connectivity index (χ0) is 9.84. The van der Waals surface area contributed by atoms with Gasteiger partial charge in [0.1, 0.15) is 0 Å². The van der Waals surface area contributed by atoms with Gasteiger partial charge in [-0.05, 0) is 23.5 Å². The van der Waals surface area contributed by atoms with Crippen molar-refractivity contribution in [2.45, 2.75) is 39.2 Å². The Morgan fingerprint density at radius 3 is 2.23 bits per heavy atom. The highest BCUT2D eigenvalue weighted by molar-refractivity contribution is 5.36. The van der Waals surface area contributed by atoms with Crippen LogP contribution >= 0.6 is 0 Å². The molecule has 2 rings (SSSR count). The smallest absolute Gasteiger partial charge is 0.0798 e. The van der Waals surface area contributed by atoms with Crippen molar-refractivity contribution in [2.75, 3.05) is 0 Å². The zero-order valence-electron chi connectivity index (χ0n) is 8.62. The molecule has 0 aliphatic heterocycles. The Bertz CT molecular complexity index is 241. The van der Waals surface area contributed by atoms with Crippen LogP contribution in [0.2, 0.25) is 0 Å². The lowest BCUT2D eigenvalue weighted by molar-refractivity contribution is 0.174. The van der Waals surface area contributed by atoms with Crippen LogP contribution in [-0.2, 0) is 0 Å². The molecule has 2 unspecified atom stereocenters. The molecule has 72 valence electrons. The van der Waals surface area contributed by atoms with Crippen molar-refractivity contribution >= 4 is 0 Å². The molecule has 1 heteroatoms. The summed E-state index contributed by atoms with van der Waals surface area (Å²) >= 11 is 0. The minimum Gasteiger partial charge on any atom is -0.388 e. The van der Waals surface area contributed by atoms with Crippen molar-refractivity contribution in [3.8, 4) is 0 Å². The molecule has 1 aliphatic carbocycles. The van der Waals surface area contributed by atoms with E-state index in [9.17, 15) is 5.11 Å². The molecule has 0 amide bonds. The summed E-state index contributed by atoms with van der Waals surface area (Å²) in [5.41, 5.74) is 2.44. The summed E-state index contributed by atoms with van der Waals surface area (Å²) in [5, 5.41) is 9.55. The monoisotopic (exact) mass is 178 g/mol. The van der Waals surface area contributed by atoms with Crippen LogP contribution < -0.4 is 0 Å². The normalized spacial score (nSPS) is 24.6. The summed E-state index contributed by atoms with van der Waals surface area (Å²) in [6.07, 6.45) is 0.667. The minimum atomic E-state index is -0.221. The van der Waals surface area contributed by atoms with E-state index in [-0.39, 0.29) is 6.10 Å². The van der Waals surface area contributed by atoms with Gasteiger partial charge >= 0.3 is 0 Å². The molecule has 1 N–H and O–H groups in total. The van der Waals surface area contributed by atoms with E-state index >= 15 is 0 Å². The third-order valence-corrected chi connectivity index (χ3v) is 2.46. The maximum Gasteiger partial charge on any atom is 0.0798 e. The highest BCUT2D eigenvalue weighted by Gasteiger charge is 2.25. The highest BCUT2D eigenvalue weighted by atomic mass is 16.3. The first kappa shape index (κ1) is 10.3. The number of aliphatic hydroxyl groups is 1. The molecule has 0 saturated carbocycles. The second kappa shape index (κ2) is 4.43. The molecule has 2 atom stereocenters. The molecule has 0 heterocycles. The van der Waals surface area contributed by atoms with Crippen LogP contribution in [0, 0.1) is 0 Å². The molecule has 0 spiro atoms. The predicted molar refractivity (Wildman–Crippen MR) is 55.8 cm³/mol. The topological polar surface area (TPSA) is 20.2 Å². The number of hydrogen-bond acceptors (Lipinski definition) is 1. The Morgan fingerprint density at radius 1 is 1.15 bits per heavy atom. The van der Waals surface area contributed by atoms with Gasteiger partial charge in [0.2, 0.25) is 0 Å². The lowest BCUT2D eigenvalue weighted by Crippen LogP contribution is -1.88. The van der Waals surface area contributed by atoms with E-state index in [0.29, 0.717) is 5.92 Å². The Morgan fingerprint density at radius 2 is 1.69 bits per heavy atom. The molecule has 1 aliphatic rings. The van der Waals surface area contributed by atoms with E-state index in [1.807, 2.05) is 32.0 Å². The number of fused-ring (bicyclic) bond motifs is 1. The summed E-state index contributed by atoms with van der Waals surface area (Å²) < 4.78 is 0. The van der Waals surface area contributed by atoms with Crippen LogP contribution in [0.1, 0.15) is 50.3 Å². The fourth-order valence-corrected chi connectivity index (χ4v) is 1.85. The van der Waals surface area contributed by atoms with Crippen LogP contribution in [0.4, 0.5) is 0 Å². The van der Waals surface area contributed by atoms with Crippen LogP contribution in [0.15, 0.2) is 24.3 Å². The van der Waals surface area contributed by atoms with Crippen molar-refractivity contribution in [2.24, 2.45) is 0 Å². The van der Waals surface area contributed by atoms with Gasteiger partial charge in [-0.15, -0.1) is 0 Å². The quantitative estimate of drug-likeness (QED) is 0.646. The van der Waals surface area contributed by atoms with Gasteiger partial charge in [-0.25, -0.2) is 0 Å². The van der Waals surface area contributed by atoms with E-state index < -0.39 is 0 Å². The van der Waals surface area contributed by atoms with Crippen molar-refractivity contribution in [3.63, 3.8) is 0 Å². The number of benzene rings is 1. The van der Waals surface area contributed by atoms with Crippen LogP contribution in [0.25, 0.3) is 0 Å². The Labute approximate surface area is 80.4 Å². The first-order valence-electron chi connectivity index (χ1n) is 5.06. The summed E-state index contributed by atoms with van der Waals surface area (Å²) in [6, 6.07) is 8.15. The Hall–Kier alpha value is -0.820. The summed E-state index contributed by atoms with van der Waals surface area (Å²) in [6.45, 7) is 6.16. The van der Waals surface area contributed by atoms with E-state index in [4.69, 9.17) is 0 Å². The molecular weight excluding hydrogens is 160 g/mol. The summed E-state index contributed by atoms with van der Waals surface area (Å²) in [4.78, 5) is 0. The average Bonchev–Trinajstić information content (AvgIpc) is 2.47. The molecule has 0 saturated heterocycles. The van der Waals surface area contributed by atoms with Crippen LogP contribution in [0.5, 0.6) is 0 Å². The summed E-state index contributed by atoms with van der Waals surface area (Å²) in [7, 11) is 0. The first-order chi connectivity index (χ1) is 6.29. The number of rotatable bonds is 0. The molecule has 0 aromatic heterocycles. The van der Waals surface area contributed by atoms with Gasteiger partial charge in [-0.1, -0.05) is 45.0 Å². The largest absolute Gasteiger partial charge is 0.388 e. The Kier molecular flexibility index (Phi) is 3.49. The lowest BCUT2D eigenvalue weighted by atomic mass is 10.0. The highest BCUT2D eigenvalue weighted by Crippen LogP contribution is 2.39. The van der Waals surface area contributed by atoms with Gasteiger partial charge in [-0.2, -0.15) is 0 Å². The van der Waals surface area contributed by atoms with Gasteiger partial charge in [-0.3, -0.25) is 0 Å². The second-order valence-electron chi connectivity index (χ2n) is 3.28. The first-order valence-corrected chi connectivity index (χ1v) is 5.06. The van der Waals surface area contributed by atoms with Gasteiger partial charge in [0.05, 0.1) is 6.10 Å². The molecule has 0 bridgehead atoms. The molecular formula is C12H18O. The molecule has 1 aromatic rings. The SMILES string of the molecule is CC.CC1CC(O)c2ccccc21. The third kappa shape index (κ3) is 1.92. The molecule has 0 fully saturated rings. The molecule has 0 radical (unpaired) electrons. The molecule has 13 heavy (non-hydrogen) atoms. The van der Waals surface area contributed by atoms with Crippen LogP contribution in [0.3, 0.4) is 0 Å². The molecule has 1 aromatic carbocycles. The predicted octanol–water partition coefficient (Wildman–Crippen LogP) is 3.25. The van der Waals surface area contributed by atoms with Crippen molar-refractivity contribution < 1.29 is 5.11 Å². The molecule has 1 nitrogen and oxygen atoms in total. The second-order valence-corrected chi connectivity index (χ2v) is 3.28. The van der Waals surface area contributed by atoms with Gasteiger partial charge in [0.15, 0.2) is 0 Å². The minimum absolute atomic E-state index is 0.221. The third-order valence-electron chi connectivity index (χ3n) is 2.46. The zero-order valence-corrected chi connectivity index (χ0v) is 8.62. The number of hydrogen-bond donors (Lipinski definition) is 1. The maximum absolute atomic E-state index is 9.55. The van der Waals surface area contributed by atoms with Crippen molar-refractivity contribution in [1.82, 2.24) is 0 Å². The Balaban J connectivity index is 0.000000396. The summed E-state index contributed by atoms with van der Waals surface area (Å²) in [5.74, 6) is 0.529. The van der Waals surface area contributed by atoms with Crippen molar-refractivity contribution in [1.29, 1.82) is 0 Å². The van der Waals surface area contributed by atoms with E-state index in [2.05, 4.69) is 13.0 Å². The van der Waals surface area contributed by atoms with E-state index in [1.165, 1.54) is 5.56 Å². The van der Waals surface area contributed by atoms with Crippen LogP contribution in [-0.4, -0.2) is 5.11 Å². The van der Waals surface area contributed by atoms with Gasteiger partial charge < -0.3 is 5.11 Å². The standard InChI is InChI=1S/C10H12O.C2H6/c1-7-6-10(11)9-5-3-2-4-8(7)9;1-2/h2-5,7,10-11H,6H2,1H3;1-2H3. The van der Waals surface area contributed by atoms with E-state index in [0.717, 1.165) is 12.0 Å².